The third-order valence-corrected chi connectivity index (χ3v) is 3.04. The second-order valence-corrected chi connectivity index (χ2v) is 5.31. The molecule has 0 spiro atoms. The number of nitrogens with zero attached hydrogens (tertiary/aromatic N) is 1. The summed E-state index contributed by atoms with van der Waals surface area (Å²) in [6, 6.07) is 0.724. The molecule has 0 unspecified atom stereocenters. The average molecular weight is 266 g/mol. The monoisotopic (exact) mass is 266 g/mol. The number of anilines is 1. The molecule has 0 aromatic carbocycles. The van der Waals surface area contributed by atoms with Gasteiger partial charge in [-0.3, -0.25) is 0 Å². The van der Waals surface area contributed by atoms with Crippen molar-refractivity contribution in [2.24, 2.45) is 0 Å². The van der Waals surface area contributed by atoms with Crippen LogP contribution in [-0.4, -0.2) is 11.0 Å². The molecular formula is C6H7IN2S. The number of thiazole rings is 1. The van der Waals surface area contributed by atoms with E-state index in [0.717, 1.165) is 11.2 Å². The zero-order chi connectivity index (χ0) is 6.97. The number of hydrogen-bond donors (Lipinski definition) is 1. The second-order valence-electron chi connectivity index (χ2n) is 2.39. The third kappa shape index (κ3) is 1.60. The molecule has 54 valence electrons. The SMILES string of the molecule is Ic1cnc(NC2CC2)s1. The van der Waals surface area contributed by atoms with Crippen LogP contribution in [0.3, 0.4) is 0 Å². The molecular weight excluding hydrogens is 259 g/mol. The molecule has 1 saturated carbocycles. The Balaban J connectivity index is 2.03. The Hall–Kier alpha value is 0.160. The predicted octanol–water partition coefficient (Wildman–Crippen LogP) is 2.32. The molecule has 0 radical (unpaired) electrons. The second kappa shape index (κ2) is 2.65. The van der Waals surface area contributed by atoms with E-state index in [-0.39, 0.29) is 0 Å². The molecule has 1 aliphatic carbocycles. The Morgan fingerprint density at radius 3 is 3.00 bits per heavy atom. The van der Waals surface area contributed by atoms with E-state index >= 15 is 0 Å². The number of halogens is 1. The van der Waals surface area contributed by atoms with E-state index < -0.39 is 0 Å². The summed E-state index contributed by atoms with van der Waals surface area (Å²) in [4.78, 5) is 4.20. The molecule has 2 nitrogen and oxygen atoms in total. The molecule has 1 fully saturated rings. The van der Waals surface area contributed by atoms with Gasteiger partial charge < -0.3 is 5.32 Å². The average Bonchev–Trinajstić information content (AvgIpc) is 2.59. The summed E-state index contributed by atoms with van der Waals surface area (Å²) in [6.45, 7) is 0. The minimum absolute atomic E-state index is 0.724. The van der Waals surface area contributed by atoms with Gasteiger partial charge in [0.15, 0.2) is 5.13 Å². The molecule has 0 bridgehead atoms. The van der Waals surface area contributed by atoms with Crippen LogP contribution in [0, 0.1) is 2.88 Å². The van der Waals surface area contributed by atoms with Gasteiger partial charge in [0.25, 0.3) is 0 Å². The lowest BCUT2D eigenvalue weighted by Crippen LogP contribution is -1.98. The van der Waals surface area contributed by atoms with Crippen LogP contribution in [-0.2, 0) is 0 Å². The van der Waals surface area contributed by atoms with Crippen molar-refractivity contribution in [3.05, 3.63) is 9.08 Å². The molecule has 1 aliphatic rings. The summed E-state index contributed by atoms with van der Waals surface area (Å²) in [6.07, 6.45) is 4.53. The fourth-order valence-electron chi connectivity index (χ4n) is 0.723. The Kier molecular flexibility index (Phi) is 1.82. The fraction of sp³-hybridized carbons (Fsp3) is 0.500. The van der Waals surface area contributed by atoms with Crippen LogP contribution in [0.25, 0.3) is 0 Å². The molecule has 0 atom stereocenters. The zero-order valence-electron chi connectivity index (χ0n) is 5.30. The van der Waals surface area contributed by atoms with Crippen molar-refractivity contribution in [3.8, 4) is 0 Å². The summed E-state index contributed by atoms with van der Waals surface area (Å²) < 4.78 is 1.25. The topological polar surface area (TPSA) is 24.9 Å². The smallest absolute Gasteiger partial charge is 0.183 e. The molecule has 1 aromatic rings. The highest BCUT2D eigenvalue weighted by atomic mass is 127. The number of aromatic nitrogens is 1. The minimum atomic E-state index is 0.724. The van der Waals surface area contributed by atoms with Gasteiger partial charge in [-0.1, -0.05) is 11.3 Å². The fourth-order valence-corrected chi connectivity index (χ4v) is 2.11. The van der Waals surface area contributed by atoms with Crippen molar-refractivity contribution in [1.29, 1.82) is 0 Å². The van der Waals surface area contributed by atoms with Gasteiger partial charge in [0.2, 0.25) is 0 Å². The van der Waals surface area contributed by atoms with Gasteiger partial charge in [0.1, 0.15) is 0 Å². The van der Waals surface area contributed by atoms with E-state index in [2.05, 4.69) is 32.9 Å². The highest BCUT2D eigenvalue weighted by Crippen LogP contribution is 2.27. The Bertz CT molecular complexity index is 231. The molecule has 1 aromatic heterocycles. The van der Waals surface area contributed by atoms with Gasteiger partial charge >= 0.3 is 0 Å². The van der Waals surface area contributed by atoms with Crippen molar-refractivity contribution in [2.45, 2.75) is 18.9 Å². The van der Waals surface area contributed by atoms with Crippen molar-refractivity contribution in [3.63, 3.8) is 0 Å². The van der Waals surface area contributed by atoms with Gasteiger partial charge in [0.05, 0.1) is 9.08 Å². The number of nitrogens with one attached hydrogen (secondary N) is 1. The van der Waals surface area contributed by atoms with Crippen molar-refractivity contribution < 1.29 is 0 Å². The van der Waals surface area contributed by atoms with Crippen LogP contribution < -0.4 is 5.32 Å². The van der Waals surface area contributed by atoms with Crippen LogP contribution in [0.2, 0.25) is 0 Å². The van der Waals surface area contributed by atoms with Crippen LogP contribution in [0.5, 0.6) is 0 Å². The molecule has 2 rings (SSSR count). The van der Waals surface area contributed by atoms with E-state index in [1.165, 1.54) is 15.7 Å². The lowest BCUT2D eigenvalue weighted by Gasteiger charge is -1.94. The van der Waals surface area contributed by atoms with Gasteiger partial charge in [0, 0.05) is 6.04 Å². The highest BCUT2D eigenvalue weighted by Gasteiger charge is 2.21. The van der Waals surface area contributed by atoms with E-state index in [0.29, 0.717) is 0 Å². The van der Waals surface area contributed by atoms with E-state index in [9.17, 15) is 0 Å². The summed E-state index contributed by atoms with van der Waals surface area (Å²) in [5.74, 6) is 0. The minimum Gasteiger partial charge on any atom is -0.359 e. The first-order chi connectivity index (χ1) is 4.84. The molecule has 4 heteroatoms. The Morgan fingerprint density at radius 2 is 2.50 bits per heavy atom. The predicted molar refractivity (Wildman–Crippen MR) is 51.5 cm³/mol. The van der Waals surface area contributed by atoms with Gasteiger partial charge in [-0.2, -0.15) is 0 Å². The van der Waals surface area contributed by atoms with Crippen molar-refractivity contribution >= 4 is 39.1 Å². The van der Waals surface area contributed by atoms with Crippen LogP contribution in [0.4, 0.5) is 5.13 Å². The third-order valence-electron chi connectivity index (χ3n) is 1.38. The quantitative estimate of drug-likeness (QED) is 0.831. The lowest BCUT2D eigenvalue weighted by atomic mass is 10.7. The zero-order valence-corrected chi connectivity index (χ0v) is 8.28. The molecule has 1 N–H and O–H groups in total. The molecule has 0 amide bonds. The van der Waals surface area contributed by atoms with Gasteiger partial charge in [-0.25, -0.2) is 4.98 Å². The van der Waals surface area contributed by atoms with Crippen molar-refractivity contribution in [2.75, 3.05) is 5.32 Å². The van der Waals surface area contributed by atoms with Crippen LogP contribution in [0.1, 0.15) is 12.8 Å². The number of rotatable bonds is 2. The summed E-state index contributed by atoms with van der Waals surface area (Å²) in [7, 11) is 0. The van der Waals surface area contributed by atoms with Crippen LogP contribution >= 0.6 is 33.9 Å². The summed E-state index contributed by atoms with van der Waals surface area (Å²) >= 11 is 4.00. The largest absolute Gasteiger partial charge is 0.359 e. The summed E-state index contributed by atoms with van der Waals surface area (Å²) in [5, 5.41) is 4.42. The standard InChI is InChI=1S/C6H7IN2S/c7-5-3-8-6(10-5)9-4-1-2-4/h3-4H,1-2H2,(H,8,9). The van der Waals surface area contributed by atoms with E-state index in [1.807, 2.05) is 6.20 Å². The van der Waals surface area contributed by atoms with Gasteiger partial charge in [-0.15, -0.1) is 0 Å². The van der Waals surface area contributed by atoms with Crippen LogP contribution in [0.15, 0.2) is 6.20 Å². The maximum Gasteiger partial charge on any atom is 0.183 e. The van der Waals surface area contributed by atoms with E-state index in [1.54, 1.807) is 11.3 Å². The molecule has 0 saturated heterocycles. The number of hydrogen-bond acceptors (Lipinski definition) is 3. The normalized spacial score (nSPS) is 17.3. The van der Waals surface area contributed by atoms with Crippen molar-refractivity contribution in [1.82, 2.24) is 4.98 Å². The molecule has 1 heterocycles. The maximum absolute atomic E-state index is 4.20. The first-order valence-corrected chi connectivity index (χ1v) is 5.12. The highest BCUT2D eigenvalue weighted by molar-refractivity contribution is 14.1. The Morgan fingerprint density at radius 1 is 1.70 bits per heavy atom. The lowest BCUT2D eigenvalue weighted by molar-refractivity contribution is 1.14. The van der Waals surface area contributed by atoms with Gasteiger partial charge in [-0.05, 0) is 35.4 Å². The Labute approximate surface area is 77.2 Å². The first kappa shape index (κ1) is 6.84. The molecule has 10 heavy (non-hydrogen) atoms. The summed E-state index contributed by atoms with van der Waals surface area (Å²) in [5.41, 5.74) is 0. The maximum atomic E-state index is 4.20. The van der Waals surface area contributed by atoms with E-state index in [4.69, 9.17) is 0 Å². The first-order valence-electron chi connectivity index (χ1n) is 3.22. The molecule has 0 aliphatic heterocycles.